The number of hydrogen-bond donors (Lipinski definition) is 0. The quantitative estimate of drug-likeness (QED) is 0.640. The van der Waals surface area contributed by atoms with Crippen LogP contribution < -0.4 is 0 Å². The molecular formula is C21H22N2OS. The minimum atomic E-state index is 0.855. The Morgan fingerprint density at radius 1 is 0.960 bits per heavy atom. The molecule has 0 atom stereocenters. The summed E-state index contributed by atoms with van der Waals surface area (Å²) in [5, 5.41) is 2.32. The number of morpholine rings is 1. The van der Waals surface area contributed by atoms with E-state index in [1.807, 2.05) is 11.8 Å². The molecular weight excluding hydrogens is 328 g/mol. The van der Waals surface area contributed by atoms with E-state index in [2.05, 4.69) is 65.6 Å². The lowest BCUT2D eigenvalue weighted by Gasteiger charge is -2.26. The first-order valence-corrected chi connectivity index (χ1v) is 9.77. The minimum absolute atomic E-state index is 0.855. The van der Waals surface area contributed by atoms with Crippen LogP contribution in [0.15, 0.2) is 65.7 Å². The molecule has 1 saturated heterocycles. The molecule has 1 aromatic heterocycles. The van der Waals surface area contributed by atoms with Crippen LogP contribution in [0.1, 0.15) is 0 Å². The molecule has 25 heavy (non-hydrogen) atoms. The average Bonchev–Trinajstić information content (AvgIpc) is 2.69. The Kier molecular flexibility index (Phi) is 5.31. The van der Waals surface area contributed by atoms with Crippen molar-refractivity contribution in [1.82, 2.24) is 9.88 Å². The average molecular weight is 350 g/mol. The summed E-state index contributed by atoms with van der Waals surface area (Å²) in [7, 11) is 0. The van der Waals surface area contributed by atoms with Gasteiger partial charge in [-0.05, 0) is 17.7 Å². The number of fused-ring (bicyclic) bond motifs is 1. The summed E-state index contributed by atoms with van der Waals surface area (Å²) in [6, 6.07) is 21.2. The van der Waals surface area contributed by atoms with Gasteiger partial charge in [-0.15, -0.1) is 11.8 Å². The van der Waals surface area contributed by atoms with Crippen LogP contribution in [-0.4, -0.2) is 48.5 Å². The van der Waals surface area contributed by atoms with Crippen molar-refractivity contribution in [3.8, 4) is 11.1 Å². The Balaban J connectivity index is 1.59. The number of pyridine rings is 1. The summed E-state index contributed by atoms with van der Waals surface area (Å²) >= 11 is 1.86. The zero-order valence-electron chi connectivity index (χ0n) is 14.2. The molecule has 2 heterocycles. The van der Waals surface area contributed by atoms with Gasteiger partial charge in [0.15, 0.2) is 0 Å². The van der Waals surface area contributed by atoms with Crippen LogP contribution >= 0.6 is 11.8 Å². The highest BCUT2D eigenvalue weighted by atomic mass is 32.2. The molecule has 2 aromatic carbocycles. The van der Waals surface area contributed by atoms with Gasteiger partial charge in [0.1, 0.15) is 5.03 Å². The smallest absolute Gasteiger partial charge is 0.105 e. The van der Waals surface area contributed by atoms with Gasteiger partial charge in [-0.1, -0.05) is 48.5 Å². The third-order valence-electron chi connectivity index (χ3n) is 4.52. The molecule has 3 aromatic rings. The predicted octanol–water partition coefficient (Wildman–Crippen LogP) is 4.33. The second kappa shape index (κ2) is 8.00. The van der Waals surface area contributed by atoms with Crippen molar-refractivity contribution < 1.29 is 4.74 Å². The molecule has 0 N–H and O–H groups in total. The van der Waals surface area contributed by atoms with Gasteiger partial charge in [0.2, 0.25) is 0 Å². The second-order valence-electron chi connectivity index (χ2n) is 6.20. The summed E-state index contributed by atoms with van der Waals surface area (Å²) in [6.07, 6.45) is 0. The fourth-order valence-electron chi connectivity index (χ4n) is 3.13. The summed E-state index contributed by atoms with van der Waals surface area (Å²) in [4.78, 5) is 7.43. The van der Waals surface area contributed by atoms with Crippen LogP contribution in [0.2, 0.25) is 0 Å². The first-order valence-electron chi connectivity index (χ1n) is 8.78. The maximum absolute atomic E-state index is 5.43. The normalized spacial score (nSPS) is 15.5. The minimum Gasteiger partial charge on any atom is -0.379 e. The maximum atomic E-state index is 5.43. The van der Waals surface area contributed by atoms with Crippen molar-refractivity contribution in [3.05, 3.63) is 60.7 Å². The first kappa shape index (κ1) is 16.6. The molecule has 0 saturated carbocycles. The summed E-state index contributed by atoms with van der Waals surface area (Å²) < 4.78 is 5.43. The van der Waals surface area contributed by atoms with E-state index < -0.39 is 0 Å². The number of ether oxygens (including phenoxy) is 1. The van der Waals surface area contributed by atoms with Crippen LogP contribution in [-0.2, 0) is 4.74 Å². The zero-order chi connectivity index (χ0) is 16.9. The highest BCUT2D eigenvalue weighted by Gasteiger charge is 2.13. The van der Waals surface area contributed by atoms with Gasteiger partial charge in [-0.25, -0.2) is 4.98 Å². The maximum Gasteiger partial charge on any atom is 0.105 e. The molecule has 0 amide bonds. The molecule has 128 valence electrons. The highest BCUT2D eigenvalue weighted by molar-refractivity contribution is 7.99. The molecule has 3 nitrogen and oxygen atoms in total. The Bertz CT molecular complexity index is 832. The van der Waals surface area contributed by atoms with Gasteiger partial charge in [-0.2, -0.15) is 0 Å². The third kappa shape index (κ3) is 4.03. The van der Waals surface area contributed by atoms with Crippen LogP contribution in [0.25, 0.3) is 22.0 Å². The molecule has 4 heteroatoms. The van der Waals surface area contributed by atoms with Gasteiger partial charge >= 0.3 is 0 Å². The van der Waals surface area contributed by atoms with Crippen molar-refractivity contribution in [2.24, 2.45) is 0 Å². The van der Waals surface area contributed by atoms with Gasteiger partial charge in [0, 0.05) is 36.3 Å². The SMILES string of the molecule is c1ccc(-c2cc3ccccc3nc2SCCN2CCOCC2)cc1. The molecule has 0 unspecified atom stereocenters. The van der Waals surface area contributed by atoms with Gasteiger partial charge in [0.05, 0.1) is 18.7 Å². The van der Waals surface area contributed by atoms with Crippen molar-refractivity contribution in [3.63, 3.8) is 0 Å². The fourth-order valence-corrected chi connectivity index (χ4v) is 4.17. The third-order valence-corrected chi connectivity index (χ3v) is 5.50. The Hall–Kier alpha value is -1.88. The molecule has 0 bridgehead atoms. The summed E-state index contributed by atoms with van der Waals surface area (Å²) in [6.45, 7) is 4.87. The number of aromatic nitrogens is 1. The van der Waals surface area contributed by atoms with Gasteiger partial charge in [-0.3, -0.25) is 4.90 Å². The van der Waals surface area contributed by atoms with Gasteiger partial charge in [0.25, 0.3) is 0 Å². The van der Waals surface area contributed by atoms with Crippen LogP contribution in [0.3, 0.4) is 0 Å². The van der Waals surface area contributed by atoms with E-state index in [1.54, 1.807) is 0 Å². The zero-order valence-corrected chi connectivity index (χ0v) is 15.0. The molecule has 1 aliphatic heterocycles. The molecule has 1 fully saturated rings. The Morgan fingerprint density at radius 3 is 2.56 bits per heavy atom. The largest absolute Gasteiger partial charge is 0.379 e. The lowest BCUT2D eigenvalue weighted by atomic mass is 10.1. The fraction of sp³-hybridized carbons (Fsp3) is 0.286. The number of para-hydroxylation sites is 1. The highest BCUT2D eigenvalue weighted by Crippen LogP contribution is 2.32. The number of benzene rings is 2. The second-order valence-corrected chi connectivity index (χ2v) is 7.29. The van der Waals surface area contributed by atoms with Gasteiger partial charge < -0.3 is 4.74 Å². The molecule has 0 radical (unpaired) electrons. The lowest BCUT2D eigenvalue weighted by molar-refractivity contribution is 0.0410. The lowest BCUT2D eigenvalue weighted by Crippen LogP contribution is -2.37. The van der Waals surface area contributed by atoms with E-state index in [-0.39, 0.29) is 0 Å². The number of nitrogens with zero attached hydrogens (tertiary/aromatic N) is 2. The Morgan fingerprint density at radius 2 is 1.72 bits per heavy atom. The molecule has 4 rings (SSSR count). The van der Waals surface area contributed by atoms with E-state index in [1.165, 1.54) is 16.5 Å². The Labute approximate surface area is 153 Å². The number of rotatable bonds is 5. The molecule has 1 aliphatic rings. The molecule has 0 aliphatic carbocycles. The van der Waals surface area contributed by atoms with Crippen molar-refractivity contribution in [2.75, 3.05) is 38.6 Å². The van der Waals surface area contributed by atoms with E-state index >= 15 is 0 Å². The van der Waals surface area contributed by atoms with Crippen LogP contribution in [0.4, 0.5) is 0 Å². The van der Waals surface area contributed by atoms with Crippen molar-refractivity contribution >= 4 is 22.7 Å². The van der Waals surface area contributed by atoms with Crippen LogP contribution in [0, 0.1) is 0 Å². The first-order chi connectivity index (χ1) is 12.4. The van der Waals surface area contributed by atoms with E-state index in [0.29, 0.717) is 0 Å². The molecule has 0 spiro atoms. The number of thioether (sulfide) groups is 1. The summed E-state index contributed by atoms with van der Waals surface area (Å²) in [5.74, 6) is 1.05. The predicted molar refractivity (Wildman–Crippen MR) is 105 cm³/mol. The van der Waals surface area contributed by atoms with Crippen molar-refractivity contribution in [2.45, 2.75) is 5.03 Å². The monoisotopic (exact) mass is 350 g/mol. The van der Waals surface area contributed by atoms with E-state index in [4.69, 9.17) is 9.72 Å². The van der Waals surface area contributed by atoms with Crippen molar-refractivity contribution in [1.29, 1.82) is 0 Å². The topological polar surface area (TPSA) is 25.4 Å². The summed E-state index contributed by atoms with van der Waals surface area (Å²) in [5.41, 5.74) is 3.52. The van der Waals surface area contributed by atoms with Crippen LogP contribution in [0.5, 0.6) is 0 Å². The van der Waals surface area contributed by atoms with E-state index in [0.717, 1.165) is 49.1 Å². The number of hydrogen-bond acceptors (Lipinski definition) is 4. The van der Waals surface area contributed by atoms with E-state index in [9.17, 15) is 0 Å². The standard InChI is InChI=1S/C21H22N2OS/c1-2-6-17(7-3-1)19-16-18-8-4-5-9-20(18)22-21(19)25-15-12-23-10-13-24-14-11-23/h1-9,16H,10-15H2.